The van der Waals surface area contributed by atoms with Crippen molar-refractivity contribution in [2.75, 3.05) is 32.4 Å². The van der Waals surface area contributed by atoms with Crippen molar-refractivity contribution in [3.05, 3.63) is 47.8 Å². The summed E-state index contributed by atoms with van der Waals surface area (Å²) < 4.78 is 18.3. The van der Waals surface area contributed by atoms with Crippen LogP contribution in [0.15, 0.2) is 53.0 Å². The van der Waals surface area contributed by atoms with Gasteiger partial charge < -0.3 is 24.1 Å². The fourth-order valence-electron chi connectivity index (χ4n) is 3.46. The Bertz CT molecular complexity index is 1280. The standard InChI is InChI=1S/C24H25N5O4S2/c1-5-29-22(16-11-18(31-2)21(33-4)19(12-16)32-3)27-28-24(29)35-14-20(30)26-23-25-17(13-34-23)15-9-7-6-8-10-15/h6-13H,5,14H2,1-4H3,(H,25,26,30). The number of thiazole rings is 1. The fourth-order valence-corrected chi connectivity index (χ4v) is 5.00. The molecule has 4 rings (SSSR count). The van der Waals surface area contributed by atoms with Crippen LogP contribution in [0.2, 0.25) is 0 Å². The number of aromatic nitrogens is 4. The van der Waals surface area contributed by atoms with Gasteiger partial charge in [-0.25, -0.2) is 4.98 Å². The molecule has 1 N–H and O–H groups in total. The predicted octanol–water partition coefficient (Wildman–Crippen LogP) is 4.85. The zero-order chi connectivity index (χ0) is 24.8. The highest BCUT2D eigenvalue weighted by molar-refractivity contribution is 7.99. The molecule has 0 aliphatic rings. The summed E-state index contributed by atoms with van der Waals surface area (Å²) in [5.41, 5.74) is 2.61. The zero-order valence-corrected chi connectivity index (χ0v) is 21.4. The maximum absolute atomic E-state index is 12.6. The van der Waals surface area contributed by atoms with Crippen molar-refractivity contribution in [1.29, 1.82) is 0 Å². The van der Waals surface area contributed by atoms with E-state index >= 15 is 0 Å². The van der Waals surface area contributed by atoms with Gasteiger partial charge in [0.2, 0.25) is 11.7 Å². The van der Waals surface area contributed by atoms with E-state index < -0.39 is 0 Å². The fraction of sp³-hybridized carbons (Fsp3) is 0.250. The van der Waals surface area contributed by atoms with Crippen LogP contribution in [0.3, 0.4) is 0 Å². The van der Waals surface area contributed by atoms with E-state index in [1.165, 1.54) is 23.1 Å². The van der Waals surface area contributed by atoms with Crippen LogP contribution in [-0.4, -0.2) is 52.7 Å². The first kappa shape index (κ1) is 24.6. The van der Waals surface area contributed by atoms with E-state index in [0.29, 0.717) is 39.9 Å². The number of amides is 1. The largest absolute Gasteiger partial charge is 0.493 e. The molecule has 2 aromatic carbocycles. The SMILES string of the molecule is CCn1c(SCC(=O)Nc2nc(-c3ccccc3)cs2)nnc1-c1cc(OC)c(OC)c(OC)c1. The minimum atomic E-state index is -0.163. The van der Waals surface area contributed by atoms with Gasteiger partial charge in [-0.05, 0) is 19.1 Å². The summed E-state index contributed by atoms with van der Waals surface area (Å²) in [6.45, 7) is 2.62. The Morgan fingerprint density at radius 2 is 1.74 bits per heavy atom. The van der Waals surface area contributed by atoms with Gasteiger partial charge in [-0.3, -0.25) is 4.79 Å². The molecule has 2 aromatic heterocycles. The number of carbonyl (C=O) groups excluding carboxylic acids is 1. The van der Waals surface area contributed by atoms with Crippen LogP contribution < -0.4 is 19.5 Å². The first-order valence-corrected chi connectivity index (χ1v) is 12.6. The highest BCUT2D eigenvalue weighted by Crippen LogP contribution is 2.41. The van der Waals surface area contributed by atoms with Gasteiger partial charge in [0.15, 0.2) is 27.6 Å². The van der Waals surface area contributed by atoms with Gasteiger partial charge >= 0.3 is 0 Å². The van der Waals surface area contributed by atoms with Crippen LogP contribution in [0.4, 0.5) is 5.13 Å². The maximum Gasteiger partial charge on any atom is 0.236 e. The molecular formula is C24H25N5O4S2. The number of rotatable bonds is 10. The lowest BCUT2D eigenvalue weighted by Crippen LogP contribution is -2.14. The molecule has 0 bridgehead atoms. The highest BCUT2D eigenvalue weighted by atomic mass is 32.2. The average Bonchev–Trinajstić information content (AvgIpc) is 3.53. The maximum atomic E-state index is 12.6. The van der Waals surface area contributed by atoms with Crippen molar-refractivity contribution in [3.63, 3.8) is 0 Å². The summed E-state index contributed by atoms with van der Waals surface area (Å²) in [5.74, 6) is 2.21. The molecule has 35 heavy (non-hydrogen) atoms. The molecule has 0 saturated carbocycles. The minimum absolute atomic E-state index is 0.163. The Labute approximate surface area is 211 Å². The van der Waals surface area contributed by atoms with Crippen LogP contribution in [0, 0.1) is 0 Å². The number of nitrogens with one attached hydrogen (secondary N) is 1. The third kappa shape index (κ3) is 5.41. The molecule has 0 radical (unpaired) electrons. The second-order valence-electron chi connectivity index (χ2n) is 7.21. The quantitative estimate of drug-likeness (QED) is 0.302. The smallest absolute Gasteiger partial charge is 0.236 e. The number of nitrogens with zero attached hydrogens (tertiary/aromatic N) is 4. The number of methoxy groups -OCH3 is 3. The molecule has 0 aliphatic heterocycles. The second-order valence-corrected chi connectivity index (χ2v) is 9.01. The molecule has 0 aliphatic carbocycles. The van der Waals surface area contributed by atoms with Crippen molar-refractivity contribution in [1.82, 2.24) is 19.7 Å². The molecule has 9 nitrogen and oxygen atoms in total. The Morgan fingerprint density at radius 1 is 1.03 bits per heavy atom. The number of anilines is 1. The third-order valence-electron chi connectivity index (χ3n) is 5.11. The first-order chi connectivity index (χ1) is 17.1. The van der Waals surface area contributed by atoms with Gasteiger partial charge in [-0.2, -0.15) is 0 Å². The molecule has 1 amide bonds. The Kier molecular flexibility index (Phi) is 7.88. The van der Waals surface area contributed by atoms with E-state index in [-0.39, 0.29) is 11.7 Å². The van der Waals surface area contributed by atoms with E-state index in [9.17, 15) is 4.79 Å². The lowest BCUT2D eigenvalue weighted by atomic mass is 10.1. The topological polar surface area (TPSA) is 100 Å². The van der Waals surface area contributed by atoms with E-state index in [2.05, 4.69) is 20.5 Å². The van der Waals surface area contributed by atoms with Gasteiger partial charge in [0.1, 0.15) is 0 Å². The van der Waals surface area contributed by atoms with Crippen molar-refractivity contribution in [2.24, 2.45) is 0 Å². The molecule has 0 unspecified atom stereocenters. The van der Waals surface area contributed by atoms with Gasteiger partial charge in [-0.15, -0.1) is 21.5 Å². The number of carbonyl (C=O) groups is 1. The lowest BCUT2D eigenvalue weighted by Gasteiger charge is -2.14. The summed E-state index contributed by atoms with van der Waals surface area (Å²) in [4.78, 5) is 17.1. The predicted molar refractivity (Wildman–Crippen MR) is 138 cm³/mol. The number of hydrogen-bond donors (Lipinski definition) is 1. The third-order valence-corrected chi connectivity index (χ3v) is 6.83. The monoisotopic (exact) mass is 511 g/mol. The molecular weight excluding hydrogens is 486 g/mol. The molecule has 0 atom stereocenters. The minimum Gasteiger partial charge on any atom is -0.493 e. The van der Waals surface area contributed by atoms with Crippen molar-refractivity contribution >= 4 is 34.1 Å². The van der Waals surface area contributed by atoms with Gasteiger partial charge in [0.25, 0.3) is 0 Å². The summed E-state index contributed by atoms with van der Waals surface area (Å²) in [7, 11) is 4.69. The Hall–Kier alpha value is -3.57. The van der Waals surface area contributed by atoms with E-state index in [1.807, 2.05) is 59.3 Å². The van der Waals surface area contributed by atoms with Crippen LogP contribution >= 0.6 is 23.1 Å². The molecule has 2 heterocycles. The van der Waals surface area contributed by atoms with Gasteiger partial charge in [0, 0.05) is 23.1 Å². The molecule has 11 heteroatoms. The zero-order valence-electron chi connectivity index (χ0n) is 19.8. The summed E-state index contributed by atoms with van der Waals surface area (Å²) >= 11 is 2.71. The average molecular weight is 512 g/mol. The van der Waals surface area contributed by atoms with Crippen LogP contribution in [-0.2, 0) is 11.3 Å². The Balaban J connectivity index is 1.47. The highest BCUT2D eigenvalue weighted by Gasteiger charge is 2.20. The lowest BCUT2D eigenvalue weighted by molar-refractivity contribution is -0.113. The number of benzene rings is 2. The summed E-state index contributed by atoms with van der Waals surface area (Å²) in [6.07, 6.45) is 0. The number of hydrogen-bond acceptors (Lipinski definition) is 9. The van der Waals surface area contributed by atoms with Crippen LogP contribution in [0.5, 0.6) is 17.2 Å². The Morgan fingerprint density at radius 3 is 2.37 bits per heavy atom. The van der Waals surface area contributed by atoms with Crippen molar-refractivity contribution < 1.29 is 19.0 Å². The molecule has 0 saturated heterocycles. The summed E-state index contributed by atoms with van der Waals surface area (Å²) in [6, 6.07) is 13.5. The van der Waals surface area contributed by atoms with Gasteiger partial charge in [-0.1, -0.05) is 42.1 Å². The van der Waals surface area contributed by atoms with Crippen LogP contribution in [0.25, 0.3) is 22.6 Å². The molecule has 0 spiro atoms. The van der Waals surface area contributed by atoms with Crippen molar-refractivity contribution in [2.45, 2.75) is 18.6 Å². The van der Waals surface area contributed by atoms with E-state index in [0.717, 1.165) is 16.8 Å². The van der Waals surface area contributed by atoms with Crippen LogP contribution in [0.1, 0.15) is 6.92 Å². The molecule has 182 valence electrons. The normalized spacial score (nSPS) is 10.7. The van der Waals surface area contributed by atoms with Gasteiger partial charge in [0.05, 0.1) is 32.8 Å². The van der Waals surface area contributed by atoms with E-state index in [4.69, 9.17) is 14.2 Å². The molecule has 0 fully saturated rings. The van der Waals surface area contributed by atoms with E-state index in [1.54, 1.807) is 21.3 Å². The first-order valence-electron chi connectivity index (χ1n) is 10.7. The summed E-state index contributed by atoms with van der Waals surface area (Å²) in [5, 5.41) is 14.7. The second kappa shape index (κ2) is 11.2. The van der Waals surface area contributed by atoms with Crippen molar-refractivity contribution in [3.8, 4) is 39.9 Å². The number of thioether (sulfide) groups is 1. The molecule has 4 aromatic rings. The number of ether oxygens (including phenoxy) is 3.